The Balaban J connectivity index is 2.36. The normalized spacial score (nSPS) is 20.5. The highest BCUT2D eigenvalue weighted by molar-refractivity contribution is 5.90. The number of nitrogens with zero attached hydrogens (tertiary/aromatic N) is 2. The fraction of sp³-hybridized carbons (Fsp3) is 0.500. The molecule has 1 N–H and O–H groups in total. The maximum atomic E-state index is 11.1. The lowest BCUT2D eigenvalue weighted by molar-refractivity contribution is 0.0692. The number of carboxylic acids is 1. The topological polar surface area (TPSA) is 62.7 Å². The molecule has 1 aliphatic rings. The fourth-order valence-corrected chi connectivity index (χ4v) is 2.30. The Morgan fingerprint density at radius 3 is 2.94 bits per heavy atom. The Bertz CT molecular complexity index is 434. The van der Waals surface area contributed by atoms with E-state index in [1.807, 2.05) is 7.05 Å². The van der Waals surface area contributed by atoms with Crippen LogP contribution in [0.2, 0.25) is 0 Å². The lowest BCUT2D eigenvalue weighted by Crippen LogP contribution is -2.18. The van der Waals surface area contributed by atoms with Gasteiger partial charge in [-0.1, -0.05) is 0 Å². The van der Waals surface area contributed by atoms with Crippen molar-refractivity contribution in [3.05, 3.63) is 23.4 Å². The summed E-state index contributed by atoms with van der Waals surface area (Å²) in [6.45, 7) is 1.04. The van der Waals surface area contributed by atoms with Crippen LogP contribution >= 0.6 is 0 Å². The third-order valence-electron chi connectivity index (χ3n) is 3.20. The van der Waals surface area contributed by atoms with Crippen molar-refractivity contribution in [2.45, 2.75) is 18.9 Å². The zero-order valence-electron chi connectivity index (χ0n) is 10.0. The van der Waals surface area contributed by atoms with E-state index in [9.17, 15) is 4.79 Å². The van der Waals surface area contributed by atoms with Crippen molar-refractivity contribution < 1.29 is 14.6 Å². The van der Waals surface area contributed by atoms with Crippen LogP contribution in [-0.4, -0.2) is 41.7 Å². The number of aromatic carboxylic acids is 1. The van der Waals surface area contributed by atoms with Crippen LogP contribution in [0.25, 0.3) is 0 Å². The molecule has 2 heterocycles. The van der Waals surface area contributed by atoms with E-state index >= 15 is 0 Å². The molecule has 1 aliphatic heterocycles. The van der Waals surface area contributed by atoms with Crippen LogP contribution in [-0.2, 0) is 0 Å². The summed E-state index contributed by atoms with van der Waals surface area (Å²) < 4.78 is 4.95. The first-order chi connectivity index (χ1) is 8.13. The van der Waals surface area contributed by atoms with Gasteiger partial charge in [-0.3, -0.25) is 4.90 Å². The molecule has 0 amide bonds. The predicted molar refractivity (Wildman–Crippen MR) is 62.4 cm³/mol. The van der Waals surface area contributed by atoms with Gasteiger partial charge >= 0.3 is 5.97 Å². The van der Waals surface area contributed by atoms with Crippen molar-refractivity contribution in [2.24, 2.45) is 0 Å². The monoisotopic (exact) mass is 236 g/mol. The van der Waals surface area contributed by atoms with Crippen molar-refractivity contribution in [3.63, 3.8) is 0 Å². The molecule has 1 aromatic rings. The van der Waals surface area contributed by atoms with Gasteiger partial charge < -0.3 is 9.84 Å². The lowest BCUT2D eigenvalue weighted by Gasteiger charge is -2.20. The average molecular weight is 236 g/mol. The van der Waals surface area contributed by atoms with Crippen molar-refractivity contribution in [1.82, 2.24) is 9.88 Å². The zero-order chi connectivity index (χ0) is 12.4. The van der Waals surface area contributed by atoms with E-state index in [-0.39, 0.29) is 17.5 Å². The molecule has 0 radical (unpaired) electrons. The second kappa shape index (κ2) is 4.71. The molecule has 0 spiro atoms. The molecule has 2 rings (SSSR count). The highest BCUT2D eigenvalue weighted by atomic mass is 16.5. The van der Waals surface area contributed by atoms with E-state index < -0.39 is 5.97 Å². The Morgan fingerprint density at radius 2 is 2.41 bits per heavy atom. The molecular weight excluding hydrogens is 220 g/mol. The van der Waals surface area contributed by atoms with Gasteiger partial charge in [-0.15, -0.1) is 0 Å². The zero-order valence-corrected chi connectivity index (χ0v) is 10.0. The minimum Gasteiger partial charge on any atom is -0.480 e. The first-order valence-electron chi connectivity index (χ1n) is 5.61. The minimum atomic E-state index is -1.00. The van der Waals surface area contributed by atoms with Gasteiger partial charge in [0.25, 0.3) is 0 Å². The smallest absolute Gasteiger partial charge is 0.341 e. The maximum Gasteiger partial charge on any atom is 0.341 e. The number of hydrogen-bond donors (Lipinski definition) is 1. The molecule has 0 aromatic carbocycles. The van der Waals surface area contributed by atoms with E-state index in [2.05, 4.69) is 9.88 Å². The summed E-state index contributed by atoms with van der Waals surface area (Å²) in [5.74, 6) is -0.834. The van der Waals surface area contributed by atoms with Gasteiger partial charge in [0.2, 0.25) is 5.88 Å². The number of methoxy groups -OCH3 is 1. The summed E-state index contributed by atoms with van der Waals surface area (Å²) in [5.41, 5.74) is 1.08. The summed E-state index contributed by atoms with van der Waals surface area (Å²) in [5, 5.41) is 9.10. The largest absolute Gasteiger partial charge is 0.480 e. The molecular formula is C12H16N2O3. The number of ether oxygens (including phenoxy) is 1. The van der Waals surface area contributed by atoms with Gasteiger partial charge in [0.1, 0.15) is 5.56 Å². The molecule has 92 valence electrons. The Morgan fingerprint density at radius 1 is 1.65 bits per heavy atom. The molecule has 0 aliphatic carbocycles. The van der Waals surface area contributed by atoms with Crippen LogP contribution in [0.15, 0.2) is 12.3 Å². The van der Waals surface area contributed by atoms with E-state index in [0.717, 1.165) is 24.9 Å². The van der Waals surface area contributed by atoms with Gasteiger partial charge in [-0.25, -0.2) is 9.78 Å². The third-order valence-corrected chi connectivity index (χ3v) is 3.20. The molecule has 1 unspecified atom stereocenters. The number of aromatic nitrogens is 1. The number of rotatable bonds is 3. The third kappa shape index (κ3) is 2.24. The van der Waals surface area contributed by atoms with Crippen LogP contribution in [0.5, 0.6) is 5.88 Å². The Hall–Kier alpha value is -1.62. The maximum absolute atomic E-state index is 11.1. The summed E-state index contributed by atoms with van der Waals surface area (Å²) in [6.07, 6.45) is 3.89. The van der Waals surface area contributed by atoms with Crippen LogP contribution in [0.3, 0.4) is 0 Å². The number of carbonyl (C=O) groups is 1. The number of likely N-dealkylation sites (tertiary alicyclic amines) is 1. The SMILES string of the molecule is COc1ncc(C2CCCN2C)cc1C(=O)O. The Labute approximate surface area is 100 Å². The van der Waals surface area contributed by atoms with Crippen molar-refractivity contribution >= 4 is 5.97 Å². The summed E-state index contributed by atoms with van der Waals surface area (Å²) in [4.78, 5) is 17.4. The molecule has 0 saturated carbocycles. The van der Waals surface area contributed by atoms with E-state index in [0.29, 0.717) is 0 Å². The van der Waals surface area contributed by atoms with Crippen LogP contribution in [0, 0.1) is 0 Å². The fourth-order valence-electron chi connectivity index (χ4n) is 2.30. The standard InChI is InChI=1S/C12H16N2O3/c1-14-5-3-4-10(14)8-6-9(12(15)16)11(17-2)13-7-8/h6-7,10H,3-5H2,1-2H3,(H,15,16). The van der Waals surface area contributed by atoms with Gasteiger partial charge in [0.15, 0.2) is 0 Å². The highest BCUT2D eigenvalue weighted by Crippen LogP contribution is 2.31. The molecule has 5 nitrogen and oxygen atoms in total. The molecule has 17 heavy (non-hydrogen) atoms. The van der Waals surface area contributed by atoms with E-state index in [1.54, 1.807) is 12.3 Å². The van der Waals surface area contributed by atoms with Crippen molar-refractivity contribution in [2.75, 3.05) is 20.7 Å². The number of hydrogen-bond acceptors (Lipinski definition) is 4. The number of carboxylic acid groups (broad SMARTS) is 1. The first kappa shape index (κ1) is 11.9. The van der Waals surface area contributed by atoms with Crippen LogP contribution in [0.4, 0.5) is 0 Å². The average Bonchev–Trinajstić information content (AvgIpc) is 2.74. The van der Waals surface area contributed by atoms with Gasteiger partial charge in [-0.05, 0) is 38.1 Å². The summed E-state index contributed by atoms with van der Waals surface area (Å²) in [6, 6.07) is 1.94. The second-order valence-electron chi connectivity index (χ2n) is 4.27. The molecule has 0 bridgehead atoms. The molecule has 1 fully saturated rings. The van der Waals surface area contributed by atoms with Crippen molar-refractivity contribution in [3.8, 4) is 5.88 Å². The molecule has 1 aromatic heterocycles. The molecule has 5 heteroatoms. The quantitative estimate of drug-likeness (QED) is 0.862. The van der Waals surface area contributed by atoms with Crippen LogP contribution in [0.1, 0.15) is 34.8 Å². The minimum absolute atomic E-state index is 0.130. The van der Waals surface area contributed by atoms with Gasteiger partial charge in [0.05, 0.1) is 7.11 Å². The van der Waals surface area contributed by atoms with Crippen LogP contribution < -0.4 is 4.74 Å². The number of pyridine rings is 1. The Kier molecular flexibility index (Phi) is 3.28. The summed E-state index contributed by atoms with van der Waals surface area (Å²) in [7, 11) is 3.47. The summed E-state index contributed by atoms with van der Waals surface area (Å²) >= 11 is 0. The van der Waals surface area contributed by atoms with E-state index in [1.165, 1.54) is 7.11 Å². The lowest BCUT2D eigenvalue weighted by atomic mass is 10.0. The predicted octanol–water partition coefficient (Wildman–Crippen LogP) is 1.56. The second-order valence-corrected chi connectivity index (χ2v) is 4.27. The molecule has 1 saturated heterocycles. The van der Waals surface area contributed by atoms with Crippen molar-refractivity contribution in [1.29, 1.82) is 0 Å². The van der Waals surface area contributed by atoms with Gasteiger partial charge in [-0.2, -0.15) is 0 Å². The van der Waals surface area contributed by atoms with Gasteiger partial charge in [0, 0.05) is 12.2 Å². The first-order valence-corrected chi connectivity index (χ1v) is 5.61. The van der Waals surface area contributed by atoms with E-state index in [4.69, 9.17) is 9.84 Å². The molecule has 1 atom stereocenters. The highest BCUT2D eigenvalue weighted by Gasteiger charge is 2.24.